The van der Waals surface area contributed by atoms with E-state index in [0.29, 0.717) is 19.4 Å². The Balaban J connectivity index is 2.29. The van der Waals surface area contributed by atoms with Gasteiger partial charge in [0, 0.05) is 16.2 Å². The molecule has 7 heteroatoms. The average molecular weight is 437 g/mol. The van der Waals surface area contributed by atoms with Crippen LogP contribution in [0.15, 0.2) is 40.9 Å². The molecule has 0 aromatic heterocycles. The fourth-order valence-corrected chi connectivity index (χ4v) is 2.64. The topological polar surface area (TPSA) is 55.2 Å². The van der Waals surface area contributed by atoms with Gasteiger partial charge in [0.1, 0.15) is 5.82 Å². The zero-order chi connectivity index (χ0) is 14.0. The second kappa shape index (κ2) is 5.83. The lowest BCUT2D eigenvalue weighted by atomic mass is 10.2. The van der Waals surface area contributed by atoms with Crippen LogP contribution in [0, 0.1) is 19.5 Å². The standard InChI is InChI=1S/C12H7BrFIN2O2/c13-9-5-7(14)1-3-11(9)16-8-2-4-12(17(18)19)10(15)6-8/h1-6,16H. The summed E-state index contributed by atoms with van der Waals surface area (Å²) in [5.41, 5.74) is 1.44. The largest absolute Gasteiger partial charge is 0.355 e. The molecule has 4 nitrogen and oxygen atoms in total. The maximum Gasteiger partial charge on any atom is 0.282 e. The number of benzene rings is 2. The molecule has 0 bridgehead atoms. The van der Waals surface area contributed by atoms with Crippen molar-refractivity contribution in [3.63, 3.8) is 0 Å². The van der Waals surface area contributed by atoms with Crippen LogP contribution < -0.4 is 5.32 Å². The van der Waals surface area contributed by atoms with E-state index in [0.717, 1.165) is 0 Å². The first-order chi connectivity index (χ1) is 8.97. The summed E-state index contributed by atoms with van der Waals surface area (Å²) in [4.78, 5) is 10.3. The lowest BCUT2D eigenvalue weighted by molar-refractivity contribution is -0.385. The van der Waals surface area contributed by atoms with E-state index < -0.39 is 4.92 Å². The Bertz CT molecular complexity index is 652. The highest BCUT2D eigenvalue weighted by Crippen LogP contribution is 2.29. The molecule has 0 saturated carbocycles. The van der Waals surface area contributed by atoms with Crippen LogP contribution in [0.5, 0.6) is 0 Å². The highest BCUT2D eigenvalue weighted by atomic mass is 127. The van der Waals surface area contributed by atoms with Crippen molar-refractivity contribution >= 4 is 55.6 Å². The van der Waals surface area contributed by atoms with Crippen LogP contribution in [0.25, 0.3) is 0 Å². The van der Waals surface area contributed by atoms with E-state index >= 15 is 0 Å². The Labute approximate surface area is 130 Å². The Kier molecular flexibility index (Phi) is 4.35. The van der Waals surface area contributed by atoms with Crippen molar-refractivity contribution in [3.05, 3.63) is 60.4 Å². The average Bonchev–Trinajstić information content (AvgIpc) is 2.32. The van der Waals surface area contributed by atoms with Gasteiger partial charge in [-0.05, 0) is 68.9 Å². The van der Waals surface area contributed by atoms with E-state index in [1.54, 1.807) is 18.2 Å². The molecular weight excluding hydrogens is 430 g/mol. The van der Waals surface area contributed by atoms with E-state index in [-0.39, 0.29) is 11.5 Å². The van der Waals surface area contributed by atoms with Crippen molar-refractivity contribution in [1.82, 2.24) is 0 Å². The molecule has 19 heavy (non-hydrogen) atoms. The van der Waals surface area contributed by atoms with Gasteiger partial charge in [0.15, 0.2) is 0 Å². The van der Waals surface area contributed by atoms with Gasteiger partial charge in [-0.2, -0.15) is 0 Å². The summed E-state index contributed by atoms with van der Waals surface area (Å²) in [6, 6.07) is 8.97. The van der Waals surface area contributed by atoms with E-state index in [1.807, 2.05) is 22.6 Å². The number of nitrogens with one attached hydrogen (secondary N) is 1. The summed E-state index contributed by atoms with van der Waals surface area (Å²) in [5, 5.41) is 13.8. The minimum absolute atomic E-state index is 0.0596. The molecule has 0 unspecified atom stereocenters. The molecule has 98 valence electrons. The highest BCUT2D eigenvalue weighted by Gasteiger charge is 2.12. The van der Waals surface area contributed by atoms with Gasteiger partial charge in [-0.3, -0.25) is 10.1 Å². The molecule has 0 saturated heterocycles. The van der Waals surface area contributed by atoms with Crippen molar-refractivity contribution in [3.8, 4) is 0 Å². The number of nitrogens with zero attached hydrogens (tertiary/aromatic N) is 1. The van der Waals surface area contributed by atoms with E-state index in [1.165, 1.54) is 18.2 Å². The summed E-state index contributed by atoms with van der Waals surface area (Å²) in [6.07, 6.45) is 0. The number of hydrogen-bond donors (Lipinski definition) is 1. The maximum absolute atomic E-state index is 13.0. The SMILES string of the molecule is O=[N+]([O-])c1ccc(Nc2ccc(F)cc2Br)cc1I. The van der Waals surface area contributed by atoms with Crippen LogP contribution in [0.3, 0.4) is 0 Å². The Morgan fingerprint density at radius 3 is 2.58 bits per heavy atom. The van der Waals surface area contributed by atoms with E-state index in [2.05, 4.69) is 21.2 Å². The predicted octanol–water partition coefficient (Wildman–Crippen LogP) is 4.84. The predicted molar refractivity (Wildman–Crippen MR) is 83.2 cm³/mol. The van der Waals surface area contributed by atoms with Gasteiger partial charge < -0.3 is 5.32 Å². The fraction of sp³-hybridized carbons (Fsp3) is 0. The number of nitro groups is 1. The molecule has 2 rings (SSSR count). The lowest BCUT2D eigenvalue weighted by Gasteiger charge is -2.09. The molecule has 0 amide bonds. The second-order valence-electron chi connectivity index (χ2n) is 3.67. The van der Waals surface area contributed by atoms with Gasteiger partial charge >= 0.3 is 0 Å². The summed E-state index contributed by atoms with van der Waals surface area (Å²) in [5.74, 6) is -0.337. The van der Waals surface area contributed by atoms with Gasteiger partial charge in [-0.15, -0.1) is 0 Å². The minimum atomic E-state index is -0.431. The number of hydrogen-bond acceptors (Lipinski definition) is 3. The van der Waals surface area contributed by atoms with Crippen LogP contribution in [-0.4, -0.2) is 4.92 Å². The fourth-order valence-electron chi connectivity index (χ4n) is 1.48. The first-order valence-corrected chi connectivity index (χ1v) is 7.00. The molecule has 0 atom stereocenters. The van der Waals surface area contributed by atoms with Crippen LogP contribution >= 0.6 is 38.5 Å². The van der Waals surface area contributed by atoms with Crippen molar-refractivity contribution in [2.24, 2.45) is 0 Å². The second-order valence-corrected chi connectivity index (χ2v) is 5.69. The molecule has 2 aromatic rings. The zero-order valence-corrected chi connectivity index (χ0v) is 13.1. The summed E-state index contributed by atoms with van der Waals surface area (Å²) >= 11 is 5.15. The van der Waals surface area contributed by atoms with Crippen LogP contribution in [0.1, 0.15) is 0 Å². The van der Waals surface area contributed by atoms with Crippen molar-refractivity contribution < 1.29 is 9.31 Å². The van der Waals surface area contributed by atoms with Gasteiger partial charge in [0.05, 0.1) is 14.2 Å². The van der Waals surface area contributed by atoms with Crippen LogP contribution in [0.2, 0.25) is 0 Å². The van der Waals surface area contributed by atoms with Crippen molar-refractivity contribution in [1.29, 1.82) is 0 Å². The molecule has 0 spiro atoms. The Morgan fingerprint density at radius 1 is 1.26 bits per heavy atom. The summed E-state index contributed by atoms with van der Waals surface area (Å²) in [7, 11) is 0. The Hall–Kier alpha value is -1.22. The van der Waals surface area contributed by atoms with Gasteiger partial charge in [0.25, 0.3) is 5.69 Å². The third kappa shape index (κ3) is 3.41. The van der Waals surface area contributed by atoms with Crippen LogP contribution in [0.4, 0.5) is 21.5 Å². The molecule has 0 fully saturated rings. The number of anilines is 2. The third-order valence-corrected chi connectivity index (χ3v) is 3.87. The minimum Gasteiger partial charge on any atom is -0.355 e. The lowest BCUT2D eigenvalue weighted by Crippen LogP contribution is -1.95. The van der Waals surface area contributed by atoms with Crippen molar-refractivity contribution in [2.45, 2.75) is 0 Å². The van der Waals surface area contributed by atoms with E-state index in [4.69, 9.17) is 0 Å². The van der Waals surface area contributed by atoms with Gasteiger partial charge in [-0.25, -0.2) is 4.39 Å². The molecule has 0 aliphatic carbocycles. The quantitative estimate of drug-likeness (QED) is 0.425. The van der Waals surface area contributed by atoms with Crippen molar-refractivity contribution in [2.75, 3.05) is 5.32 Å². The Morgan fingerprint density at radius 2 is 2.00 bits per heavy atom. The highest BCUT2D eigenvalue weighted by molar-refractivity contribution is 14.1. The van der Waals surface area contributed by atoms with Gasteiger partial charge in [0.2, 0.25) is 0 Å². The third-order valence-electron chi connectivity index (χ3n) is 2.35. The van der Waals surface area contributed by atoms with Gasteiger partial charge in [-0.1, -0.05) is 0 Å². The summed E-state index contributed by atoms with van der Waals surface area (Å²) in [6.45, 7) is 0. The number of halogens is 3. The molecular formula is C12H7BrFIN2O2. The first kappa shape index (κ1) is 14.2. The maximum atomic E-state index is 13.0. The molecule has 1 N–H and O–H groups in total. The van der Waals surface area contributed by atoms with E-state index in [9.17, 15) is 14.5 Å². The monoisotopic (exact) mass is 436 g/mol. The van der Waals surface area contributed by atoms with Crippen LogP contribution in [-0.2, 0) is 0 Å². The normalized spacial score (nSPS) is 10.3. The summed E-state index contributed by atoms with van der Waals surface area (Å²) < 4.78 is 14.1. The molecule has 2 aromatic carbocycles. The zero-order valence-electron chi connectivity index (χ0n) is 9.36. The first-order valence-electron chi connectivity index (χ1n) is 5.13. The molecule has 0 aliphatic heterocycles. The number of rotatable bonds is 3. The number of nitro benzene ring substituents is 1. The molecule has 0 aliphatic rings. The molecule has 0 radical (unpaired) electrons. The smallest absolute Gasteiger partial charge is 0.282 e. The molecule has 0 heterocycles.